The van der Waals surface area contributed by atoms with Crippen molar-refractivity contribution >= 4 is 45.5 Å². The van der Waals surface area contributed by atoms with Gasteiger partial charge in [0.05, 0.1) is 5.75 Å². The minimum atomic E-state index is 0.112. The molecule has 0 bridgehead atoms. The number of benzene rings is 2. The van der Waals surface area contributed by atoms with Crippen molar-refractivity contribution in [2.45, 2.75) is 30.6 Å². The van der Waals surface area contributed by atoms with E-state index < -0.39 is 0 Å². The highest BCUT2D eigenvalue weighted by atomic mass is 32.2. The monoisotopic (exact) mass is 396 g/mol. The average Bonchev–Trinajstić information content (AvgIpc) is 3.24. The Balaban J connectivity index is 1.39. The fourth-order valence-electron chi connectivity index (χ4n) is 3.29. The Bertz CT molecular complexity index is 972. The van der Waals surface area contributed by atoms with Crippen molar-refractivity contribution in [2.75, 3.05) is 16.0 Å². The lowest BCUT2D eigenvalue weighted by molar-refractivity contribution is -0.116. The Morgan fingerprint density at radius 2 is 2.00 bits per heavy atom. The van der Waals surface area contributed by atoms with Crippen LogP contribution in [0.4, 0.5) is 16.5 Å². The number of nitrogens with one attached hydrogen (secondary N) is 1. The molecule has 1 aromatic heterocycles. The Kier molecular flexibility index (Phi) is 5.13. The summed E-state index contributed by atoms with van der Waals surface area (Å²) < 4.78 is 0.791. The first-order chi connectivity index (χ1) is 13.1. The minimum absolute atomic E-state index is 0.112. The molecule has 4 rings (SSSR count). The number of hydrogen-bond donors (Lipinski definition) is 1. The van der Waals surface area contributed by atoms with Crippen LogP contribution >= 0.6 is 23.1 Å². The van der Waals surface area contributed by atoms with E-state index in [1.807, 2.05) is 54.3 Å². The van der Waals surface area contributed by atoms with Crippen LogP contribution in [-0.2, 0) is 11.2 Å². The molecule has 7 heteroatoms. The van der Waals surface area contributed by atoms with Gasteiger partial charge in [0.15, 0.2) is 4.34 Å². The normalized spacial score (nSPS) is 15.6. The lowest BCUT2D eigenvalue weighted by atomic mass is 10.1. The molecule has 2 aromatic carbocycles. The summed E-state index contributed by atoms with van der Waals surface area (Å²) in [5.74, 6) is 0.471. The second-order valence-electron chi connectivity index (χ2n) is 6.55. The van der Waals surface area contributed by atoms with E-state index in [-0.39, 0.29) is 11.9 Å². The first-order valence-corrected chi connectivity index (χ1v) is 10.6. The molecular weight excluding hydrogens is 376 g/mol. The SMILES string of the molecule is Cc1ccccc1Nc1nnc(SCC(=O)N2c3ccccc3CC2C)s1. The lowest BCUT2D eigenvalue weighted by Crippen LogP contribution is -2.36. The van der Waals surface area contributed by atoms with Crippen LogP contribution in [0.3, 0.4) is 0 Å². The molecule has 1 unspecified atom stereocenters. The van der Waals surface area contributed by atoms with Crippen LogP contribution in [0.15, 0.2) is 52.9 Å². The molecule has 138 valence electrons. The Labute approximate surface area is 166 Å². The van der Waals surface area contributed by atoms with E-state index >= 15 is 0 Å². The molecule has 5 nitrogen and oxygen atoms in total. The molecule has 1 aliphatic heterocycles. The maximum absolute atomic E-state index is 12.8. The van der Waals surface area contributed by atoms with Gasteiger partial charge in [0.1, 0.15) is 0 Å². The van der Waals surface area contributed by atoms with Gasteiger partial charge in [-0.15, -0.1) is 10.2 Å². The molecule has 0 saturated carbocycles. The Morgan fingerprint density at radius 3 is 2.85 bits per heavy atom. The topological polar surface area (TPSA) is 58.1 Å². The standard InChI is InChI=1S/C20H20N4OS2/c1-13-7-3-5-9-16(13)21-19-22-23-20(27-19)26-12-18(25)24-14(2)11-15-8-4-6-10-17(15)24/h3-10,14H,11-12H2,1-2H3,(H,21,22). The maximum atomic E-state index is 12.8. The molecule has 0 radical (unpaired) electrons. The summed E-state index contributed by atoms with van der Waals surface area (Å²) in [7, 11) is 0. The molecule has 0 fully saturated rings. The second-order valence-corrected chi connectivity index (χ2v) is 8.75. The van der Waals surface area contributed by atoms with Crippen molar-refractivity contribution in [3.63, 3.8) is 0 Å². The van der Waals surface area contributed by atoms with Crippen LogP contribution in [0.25, 0.3) is 0 Å². The van der Waals surface area contributed by atoms with Crippen LogP contribution in [0.2, 0.25) is 0 Å². The zero-order valence-electron chi connectivity index (χ0n) is 15.2. The molecule has 1 amide bonds. The molecule has 1 N–H and O–H groups in total. The van der Waals surface area contributed by atoms with Crippen molar-refractivity contribution < 1.29 is 4.79 Å². The zero-order valence-corrected chi connectivity index (χ0v) is 16.8. The van der Waals surface area contributed by atoms with E-state index in [9.17, 15) is 4.79 Å². The van der Waals surface area contributed by atoms with E-state index in [0.29, 0.717) is 5.75 Å². The summed E-state index contributed by atoms with van der Waals surface area (Å²) in [6.45, 7) is 4.14. The first-order valence-electron chi connectivity index (χ1n) is 8.81. The van der Waals surface area contributed by atoms with Gasteiger partial charge in [-0.25, -0.2) is 0 Å². The quantitative estimate of drug-likeness (QED) is 0.636. The lowest BCUT2D eigenvalue weighted by Gasteiger charge is -2.22. The van der Waals surface area contributed by atoms with Crippen molar-refractivity contribution in [3.05, 3.63) is 59.7 Å². The fourth-order valence-corrected chi connectivity index (χ4v) is 4.91. The van der Waals surface area contributed by atoms with Gasteiger partial charge in [0.25, 0.3) is 0 Å². The maximum Gasteiger partial charge on any atom is 0.237 e. The number of carbonyl (C=O) groups is 1. The Morgan fingerprint density at radius 1 is 1.22 bits per heavy atom. The number of para-hydroxylation sites is 2. The zero-order chi connectivity index (χ0) is 18.8. The van der Waals surface area contributed by atoms with E-state index in [1.165, 1.54) is 28.7 Å². The second kappa shape index (κ2) is 7.70. The Hall–Kier alpha value is -2.38. The summed E-state index contributed by atoms with van der Waals surface area (Å²) in [6.07, 6.45) is 0.913. The largest absolute Gasteiger partial charge is 0.330 e. The fraction of sp³-hybridized carbons (Fsp3) is 0.250. The summed E-state index contributed by atoms with van der Waals surface area (Å²) in [5.41, 5.74) is 4.45. The summed E-state index contributed by atoms with van der Waals surface area (Å²) >= 11 is 2.91. The molecular formula is C20H20N4OS2. The third-order valence-corrected chi connectivity index (χ3v) is 6.54. The molecule has 2 heterocycles. The average molecular weight is 397 g/mol. The number of rotatable bonds is 5. The van der Waals surface area contributed by atoms with Gasteiger partial charge in [-0.2, -0.15) is 0 Å². The van der Waals surface area contributed by atoms with E-state index in [4.69, 9.17) is 0 Å². The van der Waals surface area contributed by atoms with E-state index in [2.05, 4.69) is 28.5 Å². The molecule has 0 saturated heterocycles. The molecule has 1 atom stereocenters. The highest BCUT2D eigenvalue weighted by Gasteiger charge is 2.30. The summed E-state index contributed by atoms with van der Waals surface area (Å²) in [4.78, 5) is 14.7. The van der Waals surface area contributed by atoms with Crippen molar-refractivity contribution in [2.24, 2.45) is 0 Å². The van der Waals surface area contributed by atoms with E-state index in [1.54, 1.807) is 0 Å². The minimum Gasteiger partial charge on any atom is -0.330 e. The number of aromatic nitrogens is 2. The van der Waals surface area contributed by atoms with Crippen LogP contribution in [0.5, 0.6) is 0 Å². The van der Waals surface area contributed by atoms with Gasteiger partial charge < -0.3 is 10.2 Å². The van der Waals surface area contributed by atoms with Gasteiger partial charge in [-0.05, 0) is 43.5 Å². The van der Waals surface area contributed by atoms with Gasteiger partial charge in [-0.3, -0.25) is 4.79 Å². The number of fused-ring (bicyclic) bond motifs is 1. The number of amides is 1. The molecule has 0 aliphatic carbocycles. The van der Waals surface area contributed by atoms with Crippen LogP contribution in [0.1, 0.15) is 18.1 Å². The number of hydrogen-bond acceptors (Lipinski definition) is 6. The third kappa shape index (κ3) is 3.84. The summed E-state index contributed by atoms with van der Waals surface area (Å²) in [5, 5.41) is 12.4. The number of thioether (sulfide) groups is 1. The number of anilines is 3. The number of nitrogens with zero attached hydrogens (tertiary/aromatic N) is 3. The predicted octanol–water partition coefficient (Wildman–Crippen LogP) is 4.66. The smallest absolute Gasteiger partial charge is 0.237 e. The van der Waals surface area contributed by atoms with Crippen LogP contribution in [0, 0.1) is 6.92 Å². The van der Waals surface area contributed by atoms with Crippen LogP contribution in [-0.4, -0.2) is 27.9 Å². The van der Waals surface area contributed by atoms with Gasteiger partial charge >= 0.3 is 0 Å². The van der Waals surface area contributed by atoms with Gasteiger partial charge in [-0.1, -0.05) is 59.5 Å². The third-order valence-electron chi connectivity index (χ3n) is 4.59. The molecule has 3 aromatic rings. The van der Waals surface area contributed by atoms with Crippen molar-refractivity contribution in [1.29, 1.82) is 0 Å². The number of carbonyl (C=O) groups excluding carboxylic acids is 1. The molecule has 27 heavy (non-hydrogen) atoms. The van der Waals surface area contributed by atoms with E-state index in [0.717, 1.165) is 32.8 Å². The van der Waals surface area contributed by atoms with Crippen molar-refractivity contribution in [3.8, 4) is 0 Å². The van der Waals surface area contributed by atoms with Gasteiger partial charge in [0, 0.05) is 17.4 Å². The predicted molar refractivity (Wildman–Crippen MR) is 112 cm³/mol. The molecule has 1 aliphatic rings. The summed E-state index contributed by atoms with van der Waals surface area (Å²) in [6, 6.07) is 16.4. The van der Waals surface area contributed by atoms with Crippen LogP contribution < -0.4 is 10.2 Å². The highest BCUT2D eigenvalue weighted by molar-refractivity contribution is 8.01. The van der Waals surface area contributed by atoms with Crippen molar-refractivity contribution in [1.82, 2.24) is 10.2 Å². The van der Waals surface area contributed by atoms with Gasteiger partial charge in [0.2, 0.25) is 11.0 Å². The number of aryl methyl sites for hydroxylation is 1. The highest BCUT2D eigenvalue weighted by Crippen LogP contribution is 2.34. The first kappa shape index (κ1) is 18.0. The molecule has 0 spiro atoms.